The number of nitrogens with zero attached hydrogens (tertiary/aromatic N) is 3. The Morgan fingerprint density at radius 3 is 3.00 bits per heavy atom. The minimum Gasteiger partial charge on any atom is -0.369 e. The maximum absolute atomic E-state index is 13.5. The molecule has 0 saturated carbocycles. The fraction of sp³-hybridized carbons (Fsp3) is 0.389. The molecule has 0 N–H and O–H groups in total. The van der Waals surface area contributed by atoms with Crippen LogP contribution in [0.15, 0.2) is 41.0 Å². The number of pyridine rings is 1. The first kappa shape index (κ1) is 14.9. The van der Waals surface area contributed by atoms with Crippen LogP contribution in [0, 0.1) is 5.82 Å². The zero-order valence-electron chi connectivity index (χ0n) is 12.9. The molecule has 2 aromatic rings. The van der Waals surface area contributed by atoms with Gasteiger partial charge in [-0.05, 0) is 43.5 Å². The number of benzene rings is 1. The third-order valence-electron chi connectivity index (χ3n) is 4.86. The van der Waals surface area contributed by atoms with Gasteiger partial charge >= 0.3 is 0 Å². The summed E-state index contributed by atoms with van der Waals surface area (Å²) in [5, 5.41) is 0. The van der Waals surface area contributed by atoms with Gasteiger partial charge in [0.15, 0.2) is 0 Å². The van der Waals surface area contributed by atoms with Crippen LogP contribution in [0.5, 0.6) is 0 Å². The summed E-state index contributed by atoms with van der Waals surface area (Å²) in [5.41, 5.74) is 2.30. The molecule has 0 radical (unpaired) electrons. The van der Waals surface area contributed by atoms with E-state index in [1.165, 1.54) is 18.1 Å². The molecule has 2 aliphatic heterocycles. The Hall–Kier alpha value is -1.62. The number of hydrogen-bond donors (Lipinski definition) is 0. The Labute approximate surface area is 144 Å². The van der Waals surface area contributed by atoms with Crippen LogP contribution in [0.1, 0.15) is 18.4 Å². The van der Waals surface area contributed by atoms with Crippen molar-refractivity contribution in [3.63, 3.8) is 0 Å². The molecule has 5 heteroatoms. The highest BCUT2D eigenvalue weighted by molar-refractivity contribution is 9.10. The van der Waals surface area contributed by atoms with Crippen molar-refractivity contribution in [2.24, 2.45) is 0 Å². The Kier molecular flexibility index (Phi) is 3.97. The standard InChI is InChI=1S/C18H19BrFN3/c19-17-6-8-21-18-16(17)7-10-23(18)15-5-2-9-22(12-15)14-4-1-3-13(20)11-14/h1,3-4,6,8,11,15H,2,5,7,9-10,12H2/t15-/m1/s1. The summed E-state index contributed by atoms with van der Waals surface area (Å²) in [6.45, 7) is 2.94. The van der Waals surface area contributed by atoms with E-state index in [1.807, 2.05) is 18.3 Å². The lowest BCUT2D eigenvalue weighted by molar-refractivity contribution is 0.475. The average Bonchev–Trinajstić information content (AvgIpc) is 3.00. The smallest absolute Gasteiger partial charge is 0.133 e. The molecule has 1 atom stereocenters. The van der Waals surface area contributed by atoms with Gasteiger partial charge in [-0.2, -0.15) is 0 Å². The summed E-state index contributed by atoms with van der Waals surface area (Å²) < 4.78 is 14.7. The van der Waals surface area contributed by atoms with E-state index in [0.717, 1.165) is 48.5 Å². The summed E-state index contributed by atoms with van der Waals surface area (Å²) in [6, 6.07) is 9.38. The topological polar surface area (TPSA) is 19.4 Å². The van der Waals surface area contributed by atoms with Gasteiger partial charge in [-0.25, -0.2) is 9.37 Å². The third kappa shape index (κ3) is 2.82. The number of aromatic nitrogens is 1. The first-order valence-corrected chi connectivity index (χ1v) is 8.92. The molecule has 3 nitrogen and oxygen atoms in total. The number of fused-ring (bicyclic) bond motifs is 1. The Morgan fingerprint density at radius 1 is 1.22 bits per heavy atom. The fourth-order valence-corrected chi connectivity index (χ4v) is 4.24. The van der Waals surface area contributed by atoms with E-state index in [-0.39, 0.29) is 5.82 Å². The molecule has 3 heterocycles. The zero-order valence-corrected chi connectivity index (χ0v) is 14.5. The van der Waals surface area contributed by atoms with Crippen LogP contribution in [0.3, 0.4) is 0 Å². The average molecular weight is 376 g/mol. The van der Waals surface area contributed by atoms with Gasteiger partial charge in [0.25, 0.3) is 0 Å². The van der Waals surface area contributed by atoms with Crippen LogP contribution in [0.2, 0.25) is 0 Å². The van der Waals surface area contributed by atoms with Crippen molar-refractivity contribution in [1.29, 1.82) is 0 Å². The van der Waals surface area contributed by atoms with Crippen LogP contribution in [-0.2, 0) is 6.42 Å². The Morgan fingerprint density at radius 2 is 2.13 bits per heavy atom. The highest BCUT2D eigenvalue weighted by Crippen LogP contribution is 2.35. The van der Waals surface area contributed by atoms with Gasteiger partial charge in [-0.1, -0.05) is 22.0 Å². The van der Waals surface area contributed by atoms with E-state index in [9.17, 15) is 4.39 Å². The van der Waals surface area contributed by atoms with Gasteiger partial charge in [0.05, 0.1) is 0 Å². The van der Waals surface area contributed by atoms with Gasteiger partial charge in [0.2, 0.25) is 0 Å². The van der Waals surface area contributed by atoms with Crippen LogP contribution >= 0.6 is 15.9 Å². The summed E-state index contributed by atoms with van der Waals surface area (Å²) in [7, 11) is 0. The monoisotopic (exact) mass is 375 g/mol. The second kappa shape index (κ2) is 6.11. The van der Waals surface area contributed by atoms with Crippen molar-refractivity contribution in [3.05, 3.63) is 52.4 Å². The second-order valence-corrected chi connectivity index (χ2v) is 7.11. The maximum Gasteiger partial charge on any atom is 0.133 e. The Bertz CT molecular complexity index is 721. The van der Waals surface area contributed by atoms with Crippen molar-refractivity contribution in [3.8, 4) is 0 Å². The molecule has 120 valence electrons. The minimum absolute atomic E-state index is 0.165. The van der Waals surface area contributed by atoms with Gasteiger partial charge in [0, 0.05) is 47.6 Å². The quantitative estimate of drug-likeness (QED) is 0.790. The van der Waals surface area contributed by atoms with Crippen molar-refractivity contribution in [2.75, 3.05) is 29.4 Å². The third-order valence-corrected chi connectivity index (χ3v) is 5.60. The number of hydrogen-bond acceptors (Lipinski definition) is 3. The number of rotatable bonds is 2. The molecule has 1 aromatic heterocycles. The molecule has 4 rings (SSSR count). The summed E-state index contributed by atoms with van der Waals surface area (Å²) in [5.74, 6) is 0.951. The molecule has 0 spiro atoms. The second-order valence-electron chi connectivity index (χ2n) is 6.26. The highest BCUT2D eigenvalue weighted by Gasteiger charge is 2.31. The molecule has 1 fully saturated rings. The summed E-state index contributed by atoms with van der Waals surface area (Å²) in [4.78, 5) is 9.34. The molecule has 0 amide bonds. The largest absolute Gasteiger partial charge is 0.369 e. The van der Waals surface area contributed by atoms with Crippen molar-refractivity contribution >= 4 is 27.4 Å². The molecule has 23 heavy (non-hydrogen) atoms. The lowest BCUT2D eigenvalue weighted by Crippen LogP contribution is -2.48. The van der Waals surface area contributed by atoms with Gasteiger partial charge in [0.1, 0.15) is 11.6 Å². The zero-order chi connectivity index (χ0) is 15.8. The molecule has 2 aliphatic rings. The van der Waals surface area contributed by atoms with E-state index < -0.39 is 0 Å². The van der Waals surface area contributed by atoms with Crippen LogP contribution < -0.4 is 9.80 Å². The lowest BCUT2D eigenvalue weighted by Gasteiger charge is -2.39. The molecule has 1 aromatic carbocycles. The maximum atomic E-state index is 13.5. The summed E-state index contributed by atoms with van der Waals surface area (Å²) >= 11 is 3.64. The number of piperidine rings is 1. The molecular formula is C18H19BrFN3. The Balaban J connectivity index is 1.56. The molecule has 0 unspecified atom stereocenters. The predicted molar refractivity (Wildman–Crippen MR) is 94.6 cm³/mol. The first-order chi connectivity index (χ1) is 11.2. The van der Waals surface area contributed by atoms with Gasteiger partial charge in [-0.3, -0.25) is 0 Å². The molecule has 0 bridgehead atoms. The van der Waals surface area contributed by atoms with Crippen LogP contribution in [0.25, 0.3) is 0 Å². The van der Waals surface area contributed by atoms with Crippen LogP contribution in [0.4, 0.5) is 15.9 Å². The molecular weight excluding hydrogens is 357 g/mol. The number of anilines is 2. The van der Waals surface area contributed by atoms with Crippen molar-refractivity contribution in [2.45, 2.75) is 25.3 Å². The van der Waals surface area contributed by atoms with Crippen LogP contribution in [-0.4, -0.2) is 30.7 Å². The normalized spacial score (nSPS) is 20.7. The van der Waals surface area contributed by atoms with E-state index in [0.29, 0.717) is 6.04 Å². The van der Waals surface area contributed by atoms with Gasteiger partial charge < -0.3 is 9.80 Å². The summed E-state index contributed by atoms with van der Waals surface area (Å²) in [6.07, 6.45) is 5.20. The van der Waals surface area contributed by atoms with E-state index in [2.05, 4.69) is 30.7 Å². The lowest BCUT2D eigenvalue weighted by atomic mass is 10.0. The van der Waals surface area contributed by atoms with Crippen molar-refractivity contribution in [1.82, 2.24) is 4.98 Å². The molecule has 0 aliphatic carbocycles. The fourth-order valence-electron chi connectivity index (χ4n) is 3.75. The minimum atomic E-state index is -0.165. The van der Waals surface area contributed by atoms with E-state index in [4.69, 9.17) is 0 Å². The van der Waals surface area contributed by atoms with E-state index in [1.54, 1.807) is 12.1 Å². The van der Waals surface area contributed by atoms with Crippen molar-refractivity contribution < 1.29 is 4.39 Å². The molecule has 1 saturated heterocycles. The SMILES string of the molecule is Fc1cccc(N2CCC[C@@H](N3CCc4c(Br)ccnc43)C2)c1. The van der Waals surface area contributed by atoms with Gasteiger partial charge in [-0.15, -0.1) is 0 Å². The number of halogens is 2. The van der Waals surface area contributed by atoms with E-state index >= 15 is 0 Å². The predicted octanol–water partition coefficient (Wildman–Crippen LogP) is 4.01. The highest BCUT2D eigenvalue weighted by atomic mass is 79.9. The first-order valence-electron chi connectivity index (χ1n) is 8.13.